The Morgan fingerprint density at radius 3 is 2.83 bits per heavy atom. The molecule has 1 unspecified atom stereocenters. The third-order valence-corrected chi connectivity index (χ3v) is 3.80. The zero-order chi connectivity index (χ0) is 12.8. The van der Waals surface area contributed by atoms with Crippen molar-refractivity contribution in [2.75, 3.05) is 13.2 Å². The predicted molar refractivity (Wildman–Crippen MR) is 74.4 cm³/mol. The van der Waals surface area contributed by atoms with E-state index in [1.165, 1.54) is 5.56 Å². The maximum absolute atomic E-state index is 6.00. The molecule has 1 fully saturated rings. The minimum Gasteiger partial charge on any atom is -0.381 e. The van der Waals surface area contributed by atoms with Crippen LogP contribution in [0.3, 0.4) is 0 Å². The summed E-state index contributed by atoms with van der Waals surface area (Å²) in [4.78, 5) is 0. The third kappa shape index (κ3) is 4.25. The average molecular weight is 269 g/mol. The Labute approximate surface area is 114 Å². The van der Waals surface area contributed by atoms with E-state index >= 15 is 0 Å². The van der Waals surface area contributed by atoms with Crippen LogP contribution in [0.15, 0.2) is 24.3 Å². The fourth-order valence-corrected chi connectivity index (χ4v) is 2.76. The van der Waals surface area contributed by atoms with E-state index in [9.17, 15) is 0 Å². The molecule has 0 amide bonds. The van der Waals surface area contributed by atoms with Gasteiger partial charge in [-0.2, -0.15) is 0 Å². The van der Waals surface area contributed by atoms with Gasteiger partial charge in [0, 0.05) is 24.3 Å². The Balaban J connectivity index is 1.88. The van der Waals surface area contributed by atoms with E-state index in [0.29, 0.717) is 6.04 Å². The first-order valence-electron chi connectivity index (χ1n) is 6.56. The van der Waals surface area contributed by atoms with Crippen LogP contribution in [0.1, 0.15) is 24.8 Å². The lowest BCUT2D eigenvalue weighted by Crippen LogP contribution is -2.39. The van der Waals surface area contributed by atoms with Crippen molar-refractivity contribution in [1.29, 1.82) is 0 Å². The maximum atomic E-state index is 6.00. The average Bonchev–Trinajstić information content (AvgIpc) is 2.39. The van der Waals surface area contributed by atoms with Crippen molar-refractivity contribution in [3.63, 3.8) is 0 Å². The Morgan fingerprint density at radius 1 is 1.39 bits per heavy atom. The first-order chi connectivity index (χ1) is 8.78. The number of halogens is 1. The summed E-state index contributed by atoms with van der Waals surface area (Å²) in [6.45, 7) is 1.78. The van der Waals surface area contributed by atoms with Gasteiger partial charge in [0.05, 0.1) is 0 Å². The van der Waals surface area contributed by atoms with Gasteiger partial charge < -0.3 is 4.74 Å². The normalized spacial score (nSPS) is 18.8. The van der Waals surface area contributed by atoms with E-state index in [-0.39, 0.29) is 0 Å². The van der Waals surface area contributed by atoms with E-state index in [2.05, 4.69) is 11.5 Å². The molecule has 0 spiro atoms. The number of hydrazine groups is 1. The molecule has 2 rings (SSSR count). The SMILES string of the molecule is NNC(Cc1cccc(Cl)c1)CC1CCOCC1. The van der Waals surface area contributed by atoms with Crippen LogP contribution in [0.2, 0.25) is 5.02 Å². The molecule has 0 bridgehead atoms. The van der Waals surface area contributed by atoms with Crippen LogP contribution >= 0.6 is 11.6 Å². The minimum absolute atomic E-state index is 0.312. The number of ether oxygens (including phenoxy) is 1. The Hall–Kier alpha value is -0.610. The van der Waals surface area contributed by atoms with Crippen LogP contribution in [0.25, 0.3) is 0 Å². The van der Waals surface area contributed by atoms with Gasteiger partial charge in [0.15, 0.2) is 0 Å². The van der Waals surface area contributed by atoms with Crippen LogP contribution in [-0.4, -0.2) is 19.3 Å². The fraction of sp³-hybridized carbons (Fsp3) is 0.571. The molecule has 0 radical (unpaired) electrons. The molecule has 1 heterocycles. The molecule has 1 atom stereocenters. The lowest BCUT2D eigenvalue weighted by atomic mass is 9.90. The number of hydrogen-bond donors (Lipinski definition) is 2. The number of nitrogens with one attached hydrogen (secondary N) is 1. The van der Waals surface area contributed by atoms with E-state index in [1.807, 2.05) is 18.2 Å². The van der Waals surface area contributed by atoms with E-state index in [4.69, 9.17) is 22.2 Å². The third-order valence-electron chi connectivity index (χ3n) is 3.57. The molecule has 3 N–H and O–H groups in total. The summed E-state index contributed by atoms with van der Waals surface area (Å²) in [7, 11) is 0. The van der Waals surface area contributed by atoms with Crippen molar-refractivity contribution in [2.45, 2.75) is 31.7 Å². The second kappa shape index (κ2) is 7.10. The lowest BCUT2D eigenvalue weighted by Gasteiger charge is -2.26. The highest BCUT2D eigenvalue weighted by Crippen LogP contribution is 2.22. The molecular weight excluding hydrogens is 248 g/mol. The molecule has 0 aromatic heterocycles. The van der Waals surface area contributed by atoms with Gasteiger partial charge in [-0.3, -0.25) is 11.3 Å². The summed E-state index contributed by atoms with van der Waals surface area (Å²) >= 11 is 6.00. The summed E-state index contributed by atoms with van der Waals surface area (Å²) in [6.07, 6.45) is 4.32. The first kappa shape index (κ1) is 13.8. The first-order valence-corrected chi connectivity index (χ1v) is 6.94. The van der Waals surface area contributed by atoms with Crippen molar-refractivity contribution in [1.82, 2.24) is 5.43 Å². The van der Waals surface area contributed by atoms with Crippen LogP contribution in [-0.2, 0) is 11.2 Å². The van der Waals surface area contributed by atoms with E-state index < -0.39 is 0 Å². The lowest BCUT2D eigenvalue weighted by molar-refractivity contribution is 0.0605. The summed E-state index contributed by atoms with van der Waals surface area (Å²) in [5.41, 5.74) is 4.17. The molecule has 0 aliphatic carbocycles. The molecular formula is C14H21ClN2O. The molecule has 4 heteroatoms. The smallest absolute Gasteiger partial charge is 0.0468 e. The molecule has 1 aromatic carbocycles. The zero-order valence-corrected chi connectivity index (χ0v) is 11.3. The quantitative estimate of drug-likeness (QED) is 0.637. The van der Waals surface area contributed by atoms with E-state index in [1.54, 1.807) is 0 Å². The monoisotopic (exact) mass is 268 g/mol. The highest BCUT2D eigenvalue weighted by Gasteiger charge is 2.18. The summed E-state index contributed by atoms with van der Waals surface area (Å²) < 4.78 is 5.38. The molecule has 18 heavy (non-hydrogen) atoms. The van der Waals surface area contributed by atoms with Crippen molar-refractivity contribution in [3.05, 3.63) is 34.9 Å². The molecule has 0 saturated carbocycles. The van der Waals surface area contributed by atoms with Gasteiger partial charge in [0.2, 0.25) is 0 Å². The fourth-order valence-electron chi connectivity index (χ4n) is 2.54. The van der Waals surface area contributed by atoms with Crippen molar-refractivity contribution >= 4 is 11.6 Å². The van der Waals surface area contributed by atoms with Crippen LogP contribution in [0, 0.1) is 5.92 Å². The Bertz CT molecular complexity index is 367. The molecule has 100 valence electrons. The minimum atomic E-state index is 0.312. The topological polar surface area (TPSA) is 47.3 Å². The highest BCUT2D eigenvalue weighted by atomic mass is 35.5. The largest absolute Gasteiger partial charge is 0.381 e. The van der Waals surface area contributed by atoms with Crippen LogP contribution in [0.5, 0.6) is 0 Å². The molecule has 1 aromatic rings. The van der Waals surface area contributed by atoms with Gasteiger partial charge >= 0.3 is 0 Å². The van der Waals surface area contributed by atoms with Crippen LogP contribution in [0.4, 0.5) is 0 Å². The summed E-state index contributed by atoms with van der Waals surface area (Å²) in [5, 5.41) is 0.786. The highest BCUT2D eigenvalue weighted by molar-refractivity contribution is 6.30. The zero-order valence-electron chi connectivity index (χ0n) is 10.6. The second-order valence-corrected chi connectivity index (χ2v) is 5.43. The number of rotatable bonds is 5. The van der Waals surface area contributed by atoms with Crippen LogP contribution < -0.4 is 11.3 Å². The van der Waals surface area contributed by atoms with Gasteiger partial charge in [0.1, 0.15) is 0 Å². The molecule has 3 nitrogen and oxygen atoms in total. The van der Waals surface area contributed by atoms with Gasteiger partial charge in [-0.05, 0) is 49.3 Å². The van der Waals surface area contributed by atoms with E-state index in [0.717, 1.165) is 49.8 Å². The van der Waals surface area contributed by atoms with Gasteiger partial charge in [-0.25, -0.2) is 0 Å². The van der Waals surface area contributed by atoms with Gasteiger partial charge in [-0.1, -0.05) is 23.7 Å². The number of hydrogen-bond acceptors (Lipinski definition) is 3. The Morgan fingerprint density at radius 2 is 2.17 bits per heavy atom. The summed E-state index contributed by atoms with van der Waals surface area (Å²) in [5.74, 6) is 6.38. The predicted octanol–water partition coefficient (Wildman–Crippen LogP) is 2.53. The molecule has 1 aliphatic rings. The second-order valence-electron chi connectivity index (χ2n) is 4.99. The molecule has 1 aliphatic heterocycles. The van der Waals surface area contributed by atoms with Crippen molar-refractivity contribution < 1.29 is 4.74 Å². The summed E-state index contributed by atoms with van der Waals surface area (Å²) in [6, 6.07) is 8.30. The van der Waals surface area contributed by atoms with Gasteiger partial charge in [0.25, 0.3) is 0 Å². The Kier molecular flexibility index (Phi) is 5.45. The van der Waals surface area contributed by atoms with Crippen molar-refractivity contribution in [3.8, 4) is 0 Å². The molecule has 1 saturated heterocycles. The van der Waals surface area contributed by atoms with Gasteiger partial charge in [-0.15, -0.1) is 0 Å². The number of nitrogens with two attached hydrogens (primary N) is 1. The maximum Gasteiger partial charge on any atom is 0.0468 e. The standard InChI is InChI=1S/C14H21ClN2O/c15-13-3-1-2-12(8-13)10-14(17-16)9-11-4-6-18-7-5-11/h1-3,8,11,14,17H,4-7,9-10,16H2. The number of benzene rings is 1. The van der Waals surface area contributed by atoms with Crippen molar-refractivity contribution in [2.24, 2.45) is 11.8 Å².